The van der Waals surface area contributed by atoms with Crippen LogP contribution in [0, 0.1) is 6.92 Å². The number of amides is 2. The van der Waals surface area contributed by atoms with Gasteiger partial charge < -0.3 is 24.2 Å². The molecule has 0 saturated carbocycles. The van der Waals surface area contributed by atoms with E-state index in [2.05, 4.69) is 11.8 Å². The molecule has 1 saturated heterocycles. The molecule has 2 amide bonds. The molecule has 2 aliphatic heterocycles. The van der Waals surface area contributed by atoms with Crippen molar-refractivity contribution < 1.29 is 19.1 Å². The van der Waals surface area contributed by atoms with E-state index in [0.717, 1.165) is 34.9 Å². The van der Waals surface area contributed by atoms with Crippen molar-refractivity contribution in [3.05, 3.63) is 81.2 Å². The fourth-order valence-corrected chi connectivity index (χ4v) is 6.14. The molecule has 0 radical (unpaired) electrons. The zero-order chi connectivity index (χ0) is 27.7. The van der Waals surface area contributed by atoms with Crippen LogP contribution in [0.15, 0.2) is 64.4 Å². The standard InChI is InChI=1S/C30H30ClN3O4S/c1-19-5-8-22(31)18-23(19)33-11-13-34(14-12-33)29(35)21-7-10-27-24(17-21)32(2)30(36)28(39-27)16-20-6-9-25(37-3)26(15-20)38-4/h5-10,15-18H,11-14H2,1-4H3/b28-16-. The topological polar surface area (TPSA) is 62.3 Å². The Labute approximate surface area is 237 Å². The second-order valence-electron chi connectivity index (χ2n) is 9.48. The van der Waals surface area contributed by atoms with Crippen molar-refractivity contribution in [2.75, 3.05) is 57.2 Å². The normalized spacial score (nSPS) is 16.4. The Morgan fingerprint density at radius 2 is 1.67 bits per heavy atom. The maximum atomic E-state index is 13.4. The lowest BCUT2D eigenvalue weighted by molar-refractivity contribution is -0.114. The first-order valence-electron chi connectivity index (χ1n) is 12.6. The molecule has 1 fully saturated rings. The van der Waals surface area contributed by atoms with Gasteiger partial charge in [-0.25, -0.2) is 0 Å². The number of fused-ring (bicyclic) bond motifs is 1. The highest BCUT2D eigenvalue weighted by atomic mass is 35.5. The van der Waals surface area contributed by atoms with Crippen molar-refractivity contribution in [2.45, 2.75) is 11.8 Å². The summed E-state index contributed by atoms with van der Waals surface area (Å²) >= 11 is 7.61. The van der Waals surface area contributed by atoms with Crippen molar-refractivity contribution in [2.24, 2.45) is 0 Å². The van der Waals surface area contributed by atoms with E-state index in [9.17, 15) is 9.59 Å². The van der Waals surface area contributed by atoms with Gasteiger partial charge in [0.1, 0.15) is 0 Å². The highest BCUT2D eigenvalue weighted by Crippen LogP contribution is 2.42. The Kier molecular flexibility index (Phi) is 7.77. The summed E-state index contributed by atoms with van der Waals surface area (Å²) in [5, 5.41) is 0.710. The summed E-state index contributed by atoms with van der Waals surface area (Å²) in [5.74, 6) is 1.07. The summed E-state index contributed by atoms with van der Waals surface area (Å²) in [7, 11) is 4.91. The molecule has 0 atom stereocenters. The van der Waals surface area contributed by atoms with Crippen LogP contribution in [0.4, 0.5) is 11.4 Å². The summed E-state index contributed by atoms with van der Waals surface area (Å²) in [5.41, 5.74) is 4.41. The molecule has 3 aromatic rings. The summed E-state index contributed by atoms with van der Waals surface area (Å²) in [4.78, 5) is 33.9. The van der Waals surface area contributed by atoms with E-state index >= 15 is 0 Å². The number of anilines is 2. The number of likely N-dealkylation sites (N-methyl/N-ethyl adjacent to an activating group) is 1. The fourth-order valence-electron chi connectivity index (χ4n) is 4.88. The van der Waals surface area contributed by atoms with E-state index in [1.165, 1.54) is 17.3 Å². The number of rotatable bonds is 5. The molecule has 0 unspecified atom stereocenters. The van der Waals surface area contributed by atoms with Crippen molar-refractivity contribution >= 4 is 52.6 Å². The third-order valence-corrected chi connectivity index (χ3v) is 8.40. The fraction of sp³-hybridized carbons (Fsp3) is 0.267. The van der Waals surface area contributed by atoms with Gasteiger partial charge in [0.05, 0.1) is 24.8 Å². The van der Waals surface area contributed by atoms with Gasteiger partial charge in [0, 0.05) is 54.4 Å². The first-order chi connectivity index (χ1) is 18.8. The van der Waals surface area contributed by atoms with Crippen LogP contribution in [-0.2, 0) is 4.79 Å². The van der Waals surface area contributed by atoms with E-state index in [-0.39, 0.29) is 11.8 Å². The minimum absolute atomic E-state index is 0.0298. The molecule has 3 aromatic carbocycles. The number of carbonyl (C=O) groups is 2. The number of ether oxygens (including phenoxy) is 2. The Hall–Kier alpha value is -3.62. The van der Waals surface area contributed by atoms with Gasteiger partial charge >= 0.3 is 0 Å². The number of aryl methyl sites for hydroxylation is 1. The number of piperazine rings is 1. The number of thioether (sulfide) groups is 1. The second-order valence-corrected chi connectivity index (χ2v) is 11.0. The Balaban J connectivity index is 1.31. The number of hydrogen-bond acceptors (Lipinski definition) is 6. The van der Waals surface area contributed by atoms with E-state index in [1.54, 1.807) is 26.2 Å². The number of methoxy groups -OCH3 is 2. The van der Waals surface area contributed by atoms with E-state index < -0.39 is 0 Å². The summed E-state index contributed by atoms with van der Waals surface area (Å²) < 4.78 is 10.7. The quantitative estimate of drug-likeness (QED) is 0.369. The highest BCUT2D eigenvalue weighted by Gasteiger charge is 2.29. The van der Waals surface area contributed by atoms with Crippen LogP contribution in [0.3, 0.4) is 0 Å². The number of halogens is 1. The smallest absolute Gasteiger partial charge is 0.264 e. The summed E-state index contributed by atoms with van der Waals surface area (Å²) in [6, 6.07) is 17.0. The van der Waals surface area contributed by atoms with Crippen molar-refractivity contribution in [3.8, 4) is 11.5 Å². The minimum Gasteiger partial charge on any atom is -0.493 e. The first-order valence-corrected chi connectivity index (χ1v) is 13.8. The molecular formula is C30H30ClN3O4S. The molecule has 0 bridgehead atoms. The van der Waals surface area contributed by atoms with Crippen LogP contribution < -0.4 is 19.3 Å². The van der Waals surface area contributed by atoms with Crippen LogP contribution in [0.25, 0.3) is 6.08 Å². The van der Waals surface area contributed by atoms with E-state index in [4.69, 9.17) is 21.1 Å². The van der Waals surface area contributed by atoms with Gasteiger partial charge in [0.15, 0.2) is 11.5 Å². The molecule has 0 aromatic heterocycles. The summed E-state index contributed by atoms with van der Waals surface area (Å²) in [6.07, 6.45) is 1.84. The van der Waals surface area contributed by atoms with Gasteiger partial charge in [-0.2, -0.15) is 0 Å². The van der Waals surface area contributed by atoms with Gasteiger partial charge in [-0.3, -0.25) is 9.59 Å². The molecule has 0 N–H and O–H groups in total. The Morgan fingerprint density at radius 3 is 2.38 bits per heavy atom. The van der Waals surface area contributed by atoms with Crippen LogP contribution >= 0.6 is 23.4 Å². The second kappa shape index (κ2) is 11.2. The van der Waals surface area contributed by atoms with Gasteiger partial charge in [-0.15, -0.1) is 0 Å². The molecule has 0 spiro atoms. The van der Waals surface area contributed by atoms with Crippen LogP contribution in [0.2, 0.25) is 5.02 Å². The van der Waals surface area contributed by atoms with Gasteiger partial charge in [-0.1, -0.05) is 35.5 Å². The van der Waals surface area contributed by atoms with E-state index in [1.807, 2.05) is 65.6 Å². The molecule has 7 nitrogen and oxygen atoms in total. The van der Waals surface area contributed by atoms with Gasteiger partial charge in [0.2, 0.25) is 0 Å². The third kappa shape index (κ3) is 5.44. The van der Waals surface area contributed by atoms with Crippen molar-refractivity contribution in [1.82, 2.24) is 4.90 Å². The number of carbonyl (C=O) groups excluding carboxylic acids is 2. The molecule has 2 heterocycles. The SMILES string of the molecule is COc1ccc(/C=C2\Sc3ccc(C(=O)N4CCN(c5cc(Cl)ccc5C)CC4)cc3N(C)C2=O)cc1OC. The first kappa shape index (κ1) is 27.0. The number of hydrogen-bond donors (Lipinski definition) is 0. The zero-order valence-corrected chi connectivity index (χ0v) is 23.9. The molecule has 2 aliphatic rings. The van der Waals surface area contributed by atoms with Gasteiger partial charge in [0.25, 0.3) is 11.8 Å². The highest BCUT2D eigenvalue weighted by molar-refractivity contribution is 8.04. The average Bonchev–Trinajstić information content (AvgIpc) is 2.96. The zero-order valence-electron chi connectivity index (χ0n) is 22.4. The van der Waals surface area contributed by atoms with Crippen LogP contribution in [0.5, 0.6) is 11.5 Å². The average molecular weight is 564 g/mol. The lowest BCUT2D eigenvalue weighted by Gasteiger charge is -2.37. The number of benzene rings is 3. The monoisotopic (exact) mass is 563 g/mol. The molecule has 5 rings (SSSR count). The predicted octanol–water partition coefficient (Wildman–Crippen LogP) is 5.74. The van der Waals surface area contributed by atoms with Gasteiger partial charge in [-0.05, 0) is 66.6 Å². The summed E-state index contributed by atoms with van der Waals surface area (Å²) in [6.45, 7) is 4.76. The maximum absolute atomic E-state index is 13.4. The van der Waals surface area contributed by atoms with Crippen molar-refractivity contribution in [3.63, 3.8) is 0 Å². The predicted molar refractivity (Wildman–Crippen MR) is 158 cm³/mol. The molecule has 9 heteroatoms. The largest absolute Gasteiger partial charge is 0.493 e. The lowest BCUT2D eigenvalue weighted by Crippen LogP contribution is -2.49. The lowest BCUT2D eigenvalue weighted by atomic mass is 10.1. The van der Waals surface area contributed by atoms with Crippen molar-refractivity contribution in [1.29, 1.82) is 0 Å². The van der Waals surface area contributed by atoms with Crippen LogP contribution in [-0.4, -0.2) is 64.2 Å². The minimum atomic E-state index is -0.127. The molecule has 202 valence electrons. The van der Waals surface area contributed by atoms with E-state index in [0.29, 0.717) is 40.1 Å². The maximum Gasteiger partial charge on any atom is 0.264 e. The van der Waals surface area contributed by atoms with Crippen LogP contribution in [0.1, 0.15) is 21.5 Å². The Bertz CT molecular complexity index is 1470. The molecular weight excluding hydrogens is 534 g/mol. The third-order valence-electron chi connectivity index (χ3n) is 7.09. The number of nitrogens with zero attached hydrogens (tertiary/aromatic N) is 3. The molecule has 39 heavy (non-hydrogen) atoms. The Morgan fingerprint density at radius 1 is 0.923 bits per heavy atom. The molecule has 0 aliphatic carbocycles.